The van der Waals surface area contributed by atoms with Crippen LogP contribution >= 0.6 is 0 Å². The summed E-state index contributed by atoms with van der Waals surface area (Å²) in [6, 6.07) is 5.78. The highest BCUT2D eigenvalue weighted by Crippen LogP contribution is 2.25. The number of carboxylic acid groups (broad SMARTS) is 1. The van der Waals surface area contributed by atoms with Crippen molar-refractivity contribution in [2.45, 2.75) is 25.3 Å². The molecule has 1 aliphatic heterocycles. The summed E-state index contributed by atoms with van der Waals surface area (Å²) in [5.41, 5.74) is -0.413. The van der Waals surface area contributed by atoms with Gasteiger partial charge in [0.2, 0.25) is 0 Å². The summed E-state index contributed by atoms with van der Waals surface area (Å²) in [6.45, 7) is 1.79. The zero-order chi connectivity index (χ0) is 17.0. The Kier molecular flexibility index (Phi) is 4.63. The van der Waals surface area contributed by atoms with Crippen LogP contribution in [0.1, 0.15) is 35.7 Å². The molecule has 1 saturated heterocycles. The van der Waals surface area contributed by atoms with E-state index >= 15 is 0 Å². The van der Waals surface area contributed by atoms with Gasteiger partial charge in [-0.05, 0) is 31.0 Å². The van der Waals surface area contributed by atoms with Crippen molar-refractivity contribution in [2.75, 3.05) is 6.54 Å². The predicted octanol–water partition coefficient (Wildman–Crippen LogP) is 0.336. The van der Waals surface area contributed by atoms with Crippen molar-refractivity contribution >= 4 is 23.8 Å². The lowest BCUT2D eigenvalue weighted by molar-refractivity contribution is -0.137. The van der Waals surface area contributed by atoms with Crippen molar-refractivity contribution in [3.63, 3.8) is 0 Å². The Morgan fingerprint density at radius 3 is 2.65 bits per heavy atom. The van der Waals surface area contributed by atoms with Crippen molar-refractivity contribution in [1.82, 2.24) is 16.0 Å². The summed E-state index contributed by atoms with van der Waals surface area (Å²) in [6.07, 6.45) is 0.307. The summed E-state index contributed by atoms with van der Waals surface area (Å²) in [5.74, 6) is -1.77. The molecule has 8 nitrogen and oxygen atoms in total. The van der Waals surface area contributed by atoms with Crippen LogP contribution < -0.4 is 16.0 Å². The van der Waals surface area contributed by atoms with Crippen LogP contribution in [0.15, 0.2) is 24.3 Å². The van der Waals surface area contributed by atoms with Crippen LogP contribution in [0, 0.1) is 0 Å². The van der Waals surface area contributed by atoms with Crippen LogP contribution in [0.2, 0.25) is 0 Å². The summed E-state index contributed by atoms with van der Waals surface area (Å²) in [7, 11) is 0. The second-order valence-electron chi connectivity index (χ2n) is 5.37. The number of carbonyl (C=O) groups is 4. The second-order valence-corrected chi connectivity index (χ2v) is 5.37. The van der Waals surface area contributed by atoms with Crippen LogP contribution in [-0.2, 0) is 15.1 Å². The van der Waals surface area contributed by atoms with Gasteiger partial charge in [0.15, 0.2) is 0 Å². The standard InChI is InChI=1S/C15H17N3O5/c1-15(13(22)17-14(23)18-15)10-5-2-4-9(8-10)12(21)16-7-3-6-11(19)20/h2,4-5,8H,3,6-7H2,1H3,(H,16,21)(H,19,20)(H2,17,18,22,23). The molecule has 8 heteroatoms. The number of urea groups is 1. The molecule has 0 spiro atoms. The molecule has 1 heterocycles. The molecule has 0 saturated carbocycles. The Morgan fingerprint density at radius 1 is 1.30 bits per heavy atom. The molecule has 4 amide bonds. The number of aliphatic carboxylic acids is 1. The zero-order valence-corrected chi connectivity index (χ0v) is 12.5. The van der Waals surface area contributed by atoms with Gasteiger partial charge in [-0.15, -0.1) is 0 Å². The van der Waals surface area contributed by atoms with E-state index < -0.39 is 23.4 Å². The fourth-order valence-corrected chi connectivity index (χ4v) is 2.26. The van der Waals surface area contributed by atoms with Crippen molar-refractivity contribution in [1.29, 1.82) is 0 Å². The number of rotatable bonds is 6. The monoisotopic (exact) mass is 319 g/mol. The number of nitrogens with one attached hydrogen (secondary N) is 3. The third-order valence-electron chi connectivity index (χ3n) is 3.60. The van der Waals surface area contributed by atoms with Crippen LogP contribution in [0.4, 0.5) is 4.79 Å². The average molecular weight is 319 g/mol. The first-order valence-corrected chi connectivity index (χ1v) is 7.07. The van der Waals surface area contributed by atoms with Crippen molar-refractivity contribution in [3.05, 3.63) is 35.4 Å². The largest absolute Gasteiger partial charge is 0.481 e. The van der Waals surface area contributed by atoms with Gasteiger partial charge >= 0.3 is 12.0 Å². The van der Waals surface area contributed by atoms with E-state index in [4.69, 9.17) is 5.11 Å². The fraction of sp³-hybridized carbons (Fsp3) is 0.333. The number of hydrogen-bond acceptors (Lipinski definition) is 4. The third kappa shape index (κ3) is 3.65. The summed E-state index contributed by atoms with van der Waals surface area (Å²) in [4.78, 5) is 45.7. The van der Waals surface area contributed by atoms with Gasteiger partial charge in [0.25, 0.3) is 11.8 Å². The summed E-state index contributed by atoms with van der Waals surface area (Å²) in [5, 5.41) is 15.9. The lowest BCUT2D eigenvalue weighted by atomic mass is 9.91. The molecule has 1 fully saturated rings. The molecule has 1 aromatic rings. The van der Waals surface area contributed by atoms with Crippen LogP contribution in [0.25, 0.3) is 0 Å². The van der Waals surface area contributed by atoms with Gasteiger partial charge in [0.05, 0.1) is 0 Å². The highest BCUT2D eigenvalue weighted by atomic mass is 16.4. The molecule has 0 aromatic heterocycles. The Bertz CT molecular complexity index is 673. The number of benzene rings is 1. The molecule has 1 unspecified atom stereocenters. The first-order chi connectivity index (χ1) is 10.8. The number of imide groups is 1. The van der Waals surface area contributed by atoms with E-state index in [1.807, 2.05) is 0 Å². The highest BCUT2D eigenvalue weighted by molar-refractivity contribution is 6.07. The van der Waals surface area contributed by atoms with Crippen molar-refractivity contribution in [3.8, 4) is 0 Å². The van der Waals surface area contributed by atoms with E-state index in [1.54, 1.807) is 25.1 Å². The molecule has 1 aromatic carbocycles. The quantitative estimate of drug-likeness (QED) is 0.444. The lowest BCUT2D eigenvalue weighted by Crippen LogP contribution is -2.40. The van der Waals surface area contributed by atoms with Gasteiger partial charge in [0, 0.05) is 18.5 Å². The molecule has 4 N–H and O–H groups in total. The second kappa shape index (κ2) is 6.47. The Balaban J connectivity index is 2.08. The third-order valence-corrected chi connectivity index (χ3v) is 3.60. The molecule has 1 atom stereocenters. The molecule has 23 heavy (non-hydrogen) atoms. The first kappa shape index (κ1) is 16.5. The van der Waals surface area contributed by atoms with Gasteiger partial charge in [-0.3, -0.25) is 19.7 Å². The maximum Gasteiger partial charge on any atom is 0.322 e. The molecular weight excluding hydrogens is 302 g/mol. The van der Waals surface area contributed by atoms with Crippen molar-refractivity contribution in [2.24, 2.45) is 0 Å². The lowest BCUT2D eigenvalue weighted by Gasteiger charge is -2.21. The molecule has 122 valence electrons. The minimum absolute atomic E-state index is 0.0232. The van der Waals surface area contributed by atoms with E-state index in [-0.39, 0.29) is 18.9 Å². The number of carbonyl (C=O) groups excluding carboxylic acids is 3. The molecule has 2 rings (SSSR count). The summed E-state index contributed by atoms with van der Waals surface area (Å²) >= 11 is 0. The van der Waals surface area contributed by atoms with Gasteiger partial charge in [0.1, 0.15) is 5.54 Å². The SMILES string of the molecule is CC1(c2cccc(C(=O)NCCCC(=O)O)c2)NC(=O)NC1=O. The minimum atomic E-state index is -1.23. The predicted molar refractivity (Wildman–Crippen MR) is 79.7 cm³/mol. The molecule has 0 bridgehead atoms. The maximum absolute atomic E-state index is 12.1. The van der Waals surface area contributed by atoms with Gasteiger partial charge in [-0.25, -0.2) is 4.79 Å². The van der Waals surface area contributed by atoms with Gasteiger partial charge < -0.3 is 15.7 Å². The van der Waals surface area contributed by atoms with Gasteiger partial charge in [-0.2, -0.15) is 0 Å². The number of amides is 4. The van der Waals surface area contributed by atoms with E-state index in [0.717, 1.165) is 0 Å². The van der Waals surface area contributed by atoms with Crippen molar-refractivity contribution < 1.29 is 24.3 Å². The fourth-order valence-electron chi connectivity index (χ4n) is 2.26. The Hall–Kier alpha value is -2.90. The molecule has 0 radical (unpaired) electrons. The van der Waals surface area contributed by atoms with E-state index in [2.05, 4.69) is 16.0 Å². The summed E-state index contributed by atoms with van der Waals surface area (Å²) < 4.78 is 0. The minimum Gasteiger partial charge on any atom is -0.481 e. The maximum atomic E-state index is 12.1. The Morgan fingerprint density at radius 2 is 2.04 bits per heavy atom. The van der Waals surface area contributed by atoms with E-state index in [1.165, 1.54) is 6.07 Å². The number of carboxylic acids is 1. The molecule has 0 aliphatic carbocycles. The topological polar surface area (TPSA) is 125 Å². The van der Waals surface area contributed by atoms with E-state index in [9.17, 15) is 19.2 Å². The number of hydrogen-bond donors (Lipinski definition) is 4. The van der Waals surface area contributed by atoms with Gasteiger partial charge in [-0.1, -0.05) is 12.1 Å². The first-order valence-electron chi connectivity index (χ1n) is 7.07. The highest BCUT2D eigenvalue weighted by Gasteiger charge is 2.43. The average Bonchev–Trinajstić information content (AvgIpc) is 2.77. The van der Waals surface area contributed by atoms with Crippen LogP contribution in [0.5, 0.6) is 0 Å². The molecule has 1 aliphatic rings. The van der Waals surface area contributed by atoms with Crippen LogP contribution in [-0.4, -0.2) is 35.5 Å². The van der Waals surface area contributed by atoms with E-state index in [0.29, 0.717) is 17.5 Å². The Labute approximate surface area is 132 Å². The van der Waals surface area contributed by atoms with Crippen LogP contribution in [0.3, 0.4) is 0 Å². The molecular formula is C15H17N3O5. The smallest absolute Gasteiger partial charge is 0.322 e. The zero-order valence-electron chi connectivity index (χ0n) is 12.5. The normalized spacial score (nSPS) is 19.9.